The summed E-state index contributed by atoms with van der Waals surface area (Å²) in [5.74, 6) is 1.17. The van der Waals surface area contributed by atoms with Crippen molar-refractivity contribution in [3.05, 3.63) is 35.4 Å². The number of nitrogens with one attached hydrogen (secondary N) is 1. The zero-order chi connectivity index (χ0) is 13.2. The van der Waals surface area contributed by atoms with Crippen molar-refractivity contribution in [3.8, 4) is 0 Å². The van der Waals surface area contributed by atoms with Crippen molar-refractivity contribution in [3.63, 3.8) is 0 Å². The van der Waals surface area contributed by atoms with Gasteiger partial charge in [0.15, 0.2) is 0 Å². The zero-order valence-electron chi connectivity index (χ0n) is 11.6. The van der Waals surface area contributed by atoms with E-state index >= 15 is 0 Å². The molecule has 1 fully saturated rings. The zero-order valence-corrected chi connectivity index (χ0v) is 11.6. The molecular formula is C16H22N2O. The van der Waals surface area contributed by atoms with Crippen molar-refractivity contribution in [2.24, 2.45) is 11.8 Å². The number of amides is 1. The Morgan fingerprint density at radius 2 is 1.95 bits per heavy atom. The number of carbonyl (C=O) groups is 1. The molecule has 102 valence electrons. The maximum Gasteiger partial charge on any atom is 0.223 e. The third kappa shape index (κ3) is 2.98. The molecule has 1 aliphatic heterocycles. The Kier molecular flexibility index (Phi) is 3.56. The fourth-order valence-corrected chi connectivity index (χ4v) is 2.89. The lowest BCUT2D eigenvalue weighted by Crippen LogP contribution is -2.29. The molecular weight excluding hydrogens is 236 g/mol. The van der Waals surface area contributed by atoms with E-state index in [2.05, 4.69) is 41.4 Å². The highest BCUT2D eigenvalue weighted by Crippen LogP contribution is 2.37. The minimum Gasteiger partial charge on any atom is -0.356 e. The van der Waals surface area contributed by atoms with Crippen LogP contribution in [0, 0.1) is 11.8 Å². The van der Waals surface area contributed by atoms with Gasteiger partial charge < -0.3 is 5.32 Å². The van der Waals surface area contributed by atoms with Crippen molar-refractivity contribution in [2.75, 3.05) is 13.1 Å². The van der Waals surface area contributed by atoms with Gasteiger partial charge >= 0.3 is 0 Å². The number of benzene rings is 1. The van der Waals surface area contributed by atoms with Crippen LogP contribution in [0.25, 0.3) is 0 Å². The van der Waals surface area contributed by atoms with Crippen LogP contribution < -0.4 is 5.32 Å². The molecule has 0 radical (unpaired) electrons. The summed E-state index contributed by atoms with van der Waals surface area (Å²) in [6.07, 6.45) is 2.12. The first-order valence-corrected chi connectivity index (χ1v) is 7.31. The van der Waals surface area contributed by atoms with E-state index in [1.807, 2.05) is 0 Å². The minimum absolute atomic E-state index is 0.261. The lowest BCUT2D eigenvalue weighted by atomic mass is 10.1. The molecule has 0 aromatic heterocycles. The van der Waals surface area contributed by atoms with Crippen LogP contribution in [0.2, 0.25) is 0 Å². The molecule has 0 spiro atoms. The number of hydrogen-bond acceptors (Lipinski definition) is 2. The molecule has 1 aromatic carbocycles. The van der Waals surface area contributed by atoms with Crippen molar-refractivity contribution in [1.29, 1.82) is 0 Å². The lowest BCUT2D eigenvalue weighted by Gasteiger charge is -2.14. The maximum absolute atomic E-state index is 11.7. The van der Waals surface area contributed by atoms with Gasteiger partial charge in [-0.25, -0.2) is 0 Å². The number of hydrogen-bond donors (Lipinski definition) is 1. The predicted molar refractivity (Wildman–Crippen MR) is 75.5 cm³/mol. The molecule has 1 heterocycles. The number of carbonyl (C=O) groups excluding carboxylic acids is 1. The number of nitrogens with zero attached hydrogens (tertiary/aromatic N) is 1. The summed E-state index contributed by atoms with van der Waals surface area (Å²) in [7, 11) is 0. The van der Waals surface area contributed by atoms with E-state index in [0.717, 1.165) is 39.0 Å². The van der Waals surface area contributed by atoms with Gasteiger partial charge in [0.25, 0.3) is 0 Å². The van der Waals surface area contributed by atoms with Gasteiger partial charge in [-0.1, -0.05) is 31.2 Å². The first-order chi connectivity index (χ1) is 9.24. The molecule has 0 bridgehead atoms. The highest BCUT2D eigenvalue weighted by Gasteiger charge is 2.38. The van der Waals surface area contributed by atoms with E-state index in [4.69, 9.17) is 0 Å². The van der Waals surface area contributed by atoms with Crippen molar-refractivity contribution < 1.29 is 4.79 Å². The Morgan fingerprint density at radius 1 is 1.32 bits per heavy atom. The standard InChI is InChI=1S/C16H22N2O/c1-12-9-15(12)16(19)17-7-4-8-18-10-13-5-2-3-6-14(13)11-18/h2-3,5-6,12,15H,4,7-11H2,1H3,(H,17,19)/t12-,15-/m0/s1. The van der Waals surface area contributed by atoms with Crippen molar-refractivity contribution in [2.45, 2.75) is 32.9 Å². The van der Waals surface area contributed by atoms with Crippen LogP contribution in [0.5, 0.6) is 0 Å². The van der Waals surface area contributed by atoms with Crippen LogP contribution >= 0.6 is 0 Å². The largest absolute Gasteiger partial charge is 0.356 e. The number of fused-ring (bicyclic) bond motifs is 1. The SMILES string of the molecule is C[C@H]1C[C@@H]1C(=O)NCCCN1Cc2ccccc2C1. The summed E-state index contributed by atoms with van der Waals surface area (Å²) in [4.78, 5) is 14.1. The molecule has 2 atom stereocenters. The van der Waals surface area contributed by atoms with Gasteiger partial charge in [0.2, 0.25) is 5.91 Å². The third-order valence-corrected chi connectivity index (χ3v) is 4.30. The summed E-state index contributed by atoms with van der Waals surface area (Å²) in [6, 6.07) is 8.65. The normalized spacial score (nSPS) is 25.1. The molecule has 1 N–H and O–H groups in total. The molecule has 2 aliphatic rings. The first kappa shape index (κ1) is 12.7. The van der Waals surface area contributed by atoms with Gasteiger partial charge in [-0.2, -0.15) is 0 Å². The molecule has 1 saturated carbocycles. The van der Waals surface area contributed by atoms with Gasteiger partial charge in [-0.15, -0.1) is 0 Å². The molecule has 19 heavy (non-hydrogen) atoms. The Bertz CT molecular complexity index is 447. The van der Waals surface area contributed by atoms with E-state index < -0.39 is 0 Å². The van der Waals surface area contributed by atoms with Crippen LogP contribution in [0.1, 0.15) is 30.9 Å². The van der Waals surface area contributed by atoms with Crippen LogP contribution in [-0.4, -0.2) is 23.9 Å². The van der Waals surface area contributed by atoms with Gasteiger partial charge in [0.1, 0.15) is 0 Å². The summed E-state index contributed by atoms with van der Waals surface area (Å²) >= 11 is 0. The smallest absolute Gasteiger partial charge is 0.223 e. The minimum atomic E-state index is 0.261. The van der Waals surface area contributed by atoms with E-state index in [1.54, 1.807) is 0 Å². The Morgan fingerprint density at radius 3 is 2.53 bits per heavy atom. The number of rotatable bonds is 5. The second kappa shape index (κ2) is 5.33. The summed E-state index contributed by atoms with van der Waals surface area (Å²) in [5.41, 5.74) is 2.91. The second-order valence-electron chi connectivity index (χ2n) is 5.94. The highest BCUT2D eigenvalue weighted by atomic mass is 16.2. The first-order valence-electron chi connectivity index (χ1n) is 7.31. The van der Waals surface area contributed by atoms with Crippen molar-refractivity contribution in [1.82, 2.24) is 10.2 Å². The van der Waals surface area contributed by atoms with E-state index in [1.165, 1.54) is 11.1 Å². The second-order valence-corrected chi connectivity index (χ2v) is 5.94. The molecule has 1 aliphatic carbocycles. The molecule has 0 unspecified atom stereocenters. The van der Waals surface area contributed by atoms with Gasteiger partial charge in [0.05, 0.1) is 0 Å². The Balaban J connectivity index is 1.35. The Hall–Kier alpha value is -1.35. The fourth-order valence-electron chi connectivity index (χ4n) is 2.89. The van der Waals surface area contributed by atoms with Crippen LogP contribution in [-0.2, 0) is 17.9 Å². The lowest BCUT2D eigenvalue weighted by molar-refractivity contribution is -0.122. The van der Waals surface area contributed by atoms with Gasteiger partial charge in [-0.05, 0) is 29.9 Å². The molecule has 3 rings (SSSR count). The highest BCUT2D eigenvalue weighted by molar-refractivity contribution is 5.81. The molecule has 1 amide bonds. The van der Waals surface area contributed by atoms with Gasteiger partial charge in [-0.3, -0.25) is 9.69 Å². The van der Waals surface area contributed by atoms with E-state index in [0.29, 0.717) is 11.8 Å². The quantitative estimate of drug-likeness (QED) is 0.821. The molecule has 0 saturated heterocycles. The Labute approximate surface area is 115 Å². The average Bonchev–Trinajstić information content (AvgIpc) is 3.00. The molecule has 3 heteroatoms. The maximum atomic E-state index is 11.7. The summed E-state index contributed by atoms with van der Waals surface area (Å²) in [5, 5.41) is 3.05. The van der Waals surface area contributed by atoms with Crippen LogP contribution in [0.3, 0.4) is 0 Å². The topological polar surface area (TPSA) is 32.3 Å². The monoisotopic (exact) mass is 258 g/mol. The van der Waals surface area contributed by atoms with Crippen molar-refractivity contribution >= 4 is 5.91 Å². The predicted octanol–water partition coefficient (Wildman–Crippen LogP) is 2.16. The average molecular weight is 258 g/mol. The van der Waals surface area contributed by atoms with E-state index in [9.17, 15) is 4.79 Å². The summed E-state index contributed by atoms with van der Waals surface area (Å²) in [6.45, 7) is 6.14. The van der Waals surface area contributed by atoms with E-state index in [-0.39, 0.29) is 5.91 Å². The molecule has 1 aromatic rings. The summed E-state index contributed by atoms with van der Waals surface area (Å²) < 4.78 is 0. The van der Waals surface area contributed by atoms with Crippen LogP contribution in [0.4, 0.5) is 0 Å². The van der Waals surface area contributed by atoms with Crippen LogP contribution in [0.15, 0.2) is 24.3 Å². The third-order valence-electron chi connectivity index (χ3n) is 4.30. The fraction of sp³-hybridized carbons (Fsp3) is 0.562. The van der Waals surface area contributed by atoms with Gasteiger partial charge in [0, 0.05) is 32.1 Å². The molecule has 3 nitrogen and oxygen atoms in total.